The third-order valence-corrected chi connectivity index (χ3v) is 5.51. The Labute approximate surface area is 104 Å². The maximum Gasteiger partial charge on any atom is 0.124 e. The smallest absolute Gasteiger partial charge is 0.124 e. The van der Waals surface area contributed by atoms with Gasteiger partial charge >= 0.3 is 0 Å². The second-order valence-corrected chi connectivity index (χ2v) is 7.07. The van der Waals surface area contributed by atoms with Crippen molar-refractivity contribution in [3.05, 3.63) is 29.8 Å². The molecule has 3 unspecified atom stereocenters. The Bertz CT molecular complexity index is 472. The van der Waals surface area contributed by atoms with Gasteiger partial charge in [-0.05, 0) is 19.9 Å². The minimum absolute atomic E-state index is 0.0729. The molecule has 1 saturated heterocycles. The Kier molecular flexibility index (Phi) is 2.52. The predicted octanol–water partition coefficient (Wildman–Crippen LogP) is 1.62. The molecule has 1 fully saturated rings. The van der Waals surface area contributed by atoms with Gasteiger partial charge in [0.25, 0.3) is 0 Å². The average Bonchev–Trinajstić information content (AvgIpc) is 2.27. The van der Waals surface area contributed by atoms with Crippen molar-refractivity contribution in [3.63, 3.8) is 0 Å². The second kappa shape index (κ2) is 3.82. The van der Waals surface area contributed by atoms with Gasteiger partial charge in [-0.25, -0.2) is 0 Å². The van der Waals surface area contributed by atoms with Crippen molar-refractivity contribution < 1.29 is 8.95 Å². The van der Waals surface area contributed by atoms with Crippen LogP contribution in [-0.4, -0.2) is 27.4 Å². The van der Waals surface area contributed by atoms with Gasteiger partial charge < -0.3 is 10.1 Å². The first kappa shape index (κ1) is 11.2. The lowest BCUT2D eigenvalue weighted by Crippen LogP contribution is -2.58. The summed E-state index contributed by atoms with van der Waals surface area (Å²) in [4.78, 5) is 0. The summed E-state index contributed by atoms with van der Waals surface area (Å²) < 4.78 is 17.9. The van der Waals surface area contributed by atoms with Crippen LogP contribution in [0.25, 0.3) is 0 Å². The number of hydrogen-bond donors (Lipinski definition) is 1. The fraction of sp³-hybridized carbons (Fsp3) is 0.538. The number of nitrogens with one attached hydrogen (secondary N) is 1. The van der Waals surface area contributed by atoms with Crippen molar-refractivity contribution in [1.82, 2.24) is 5.32 Å². The number of benzene rings is 1. The van der Waals surface area contributed by atoms with Crippen LogP contribution in [-0.2, 0) is 10.8 Å². The molecule has 0 radical (unpaired) electrons. The number of ether oxygens (including phenoxy) is 1. The normalized spacial score (nSPS) is 34.4. The van der Waals surface area contributed by atoms with E-state index in [1.165, 1.54) is 0 Å². The van der Waals surface area contributed by atoms with Crippen LogP contribution in [0.4, 0.5) is 0 Å². The Balaban J connectivity index is 2.03. The van der Waals surface area contributed by atoms with E-state index in [1.54, 1.807) is 0 Å². The maximum absolute atomic E-state index is 12.2. The summed E-state index contributed by atoms with van der Waals surface area (Å²) in [5.41, 5.74) is 1.07. The largest absolute Gasteiger partial charge is 0.492 e. The first-order valence-electron chi connectivity index (χ1n) is 5.93. The van der Waals surface area contributed by atoms with Gasteiger partial charge in [0, 0.05) is 27.7 Å². The molecule has 2 aliphatic heterocycles. The number of rotatable bonds is 0. The van der Waals surface area contributed by atoms with Crippen molar-refractivity contribution in [2.45, 2.75) is 30.7 Å². The minimum Gasteiger partial charge on any atom is -0.492 e. The van der Waals surface area contributed by atoms with E-state index >= 15 is 0 Å². The first-order chi connectivity index (χ1) is 8.07. The van der Waals surface area contributed by atoms with Gasteiger partial charge in [0.1, 0.15) is 12.4 Å². The minimum atomic E-state index is -0.821. The van der Waals surface area contributed by atoms with Crippen molar-refractivity contribution >= 4 is 10.8 Å². The molecular formula is C13H17NO2S. The molecule has 0 aliphatic carbocycles. The van der Waals surface area contributed by atoms with Gasteiger partial charge in [-0.3, -0.25) is 4.21 Å². The molecule has 92 valence electrons. The molecule has 2 heterocycles. The van der Waals surface area contributed by atoms with Crippen LogP contribution >= 0.6 is 0 Å². The SMILES string of the molecule is CC1(C)CS(=O)C2COc3ccccc3C2N1. The first-order valence-corrected chi connectivity index (χ1v) is 7.32. The molecule has 3 rings (SSSR count). The maximum atomic E-state index is 12.2. The number of fused-ring (bicyclic) bond motifs is 3. The quantitative estimate of drug-likeness (QED) is 0.761. The zero-order chi connectivity index (χ0) is 12.0. The molecule has 1 aromatic carbocycles. The van der Waals surface area contributed by atoms with E-state index in [2.05, 4.69) is 25.2 Å². The standard InChI is InChI=1S/C13H17NO2S/c1-13(2)8-17(15)11-7-16-10-6-4-3-5-9(10)12(11)14-13/h3-6,11-12,14H,7-8H2,1-2H3. The lowest BCUT2D eigenvalue weighted by atomic mass is 9.96. The van der Waals surface area contributed by atoms with E-state index in [1.807, 2.05) is 18.2 Å². The van der Waals surface area contributed by atoms with Crippen LogP contribution in [0.1, 0.15) is 25.5 Å². The van der Waals surface area contributed by atoms with Crippen LogP contribution in [0.15, 0.2) is 24.3 Å². The molecule has 0 saturated carbocycles. The Morgan fingerprint density at radius 1 is 1.41 bits per heavy atom. The molecular weight excluding hydrogens is 234 g/mol. The van der Waals surface area contributed by atoms with Crippen molar-refractivity contribution in [3.8, 4) is 5.75 Å². The topological polar surface area (TPSA) is 38.3 Å². The molecule has 4 heteroatoms. The highest BCUT2D eigenvalue weighted by Crippen LogP contribution is 2.38. The lowest BCUT2D eigenvalue weighted by molar-refractivity contribution is 0.226. The molecule has 2 aliphatic rings. The summed E-state index contributed by atoms with van der Waals surface area (Å²) in [6.07, 6.45) is 0. The molecule has 0 spiro atoms. The molecule has 3 atom stereocenters. The van der Waals surface area contributed by atoms with Crippen molar-refractivity contribution in [2.24, 2.45) is 0 Å². The van der Waals surface area contributed by atoms with E-state index in [4.69, 9.17) is 4.74 Å². The second-order valence-electron chi connectivity index (χ2n) is 5.42. The fourth-order valence-electron chi connectivity index (χ4n) is 2.66. The highest BCUT2D eigenvalue weighted by atomic mass is 32.2. The molecule has 0 bridgehead atoms. The predicted molar refractivity (Wildman–Crippen MR) is 68.7 cm³/mol. The van der Waals surface area contributed by atoms with Crippen molar-refractivity contribution in [2.75, 3.05) is 12.4 Å². The van der Waals surface area contributed by atoms with Crippen LogP contribution in [0.2, 0.25) is 0 Å². The summed E-state index contributed by atoms with van der Waals surface area (Å²) in [5.74, 6) is 1.62. The third-order valence-electron chi connectivity index (χ3n) is 3.42. The van der Waals surface area contributed by atoms with Crippen LogP contribution < -0.4 is 10.1 Å². The zero-order valence-electron chi connectivity index (χ0n) is 10.1. The van der Waals surface area contributed by atoms with Crippen LogP contribution in [0.5, 0.6) is 5.75 Å². The van der Waals surface area contributed by atoms with E-state index < -0.39 is 10.8 Å². The molecule has 0 amide bonds. The summed E-state index contributed by atoms with van der Waals surface area (Å²) >= 11 is 0. The highest BCUT2D eigenvalue weighted by Gasteiger charge is 2.43. The summed E-state index contributed by atoms with van der Waals surface area (Å²) in [5, 5.41) is 3.69. The van der Waals surface area contributed by atoms with Crippen molar-refractivity contribution in [1.29, 1.82) is 0 Å². The Morgan fingerprint density at radius 3 is 3.00 bits per heavy atom. The van der Waals surface area contributed by atoms with Crippen LogP contribution in [0.3, 0.4) is 0 Å². The third kappa shape index (κ3) is 1.89. The molecule has 17 heavy (non-hydrogen) atoms. The van der Waals surface area contributed by atoms with Gasteiger partial charge in [0.2, 0.25) is 0 Å². The lowest BCUT2D eigenvalue weighted by Gasteiger charge is -2.44. The van der Waals surface area contributed by atoms with Gasteiger partial charge in [0.15, 0.2) is 0 Å². The highest BCUT2D eigenvalue weighted by molar-refractivity contribution is 7.85. The van der Waals surface area contributed by atoms with E-state index in [0.717, 1.165) is 11.3 Å². The summed E-state index contributed by atoms with van der Waals surface area (Å²) in [6.45, 7) is 4.77. The average molecular weight is 251 g/mol. The number of para-hydroxylation sites is 1. The van der Waals surface area contributed by atoms with Gasteiger partial charge in [-0.1, -0.05) is 18.2 Å². The monoisotopic (exact) mass is 251 g/mol. The van der Waals surface area contributed by atoms with E-state index in [-0.39, 0.29) is 16.8 Å². The fourth-order valence-corrected chi connectivity index (χ4v) is 4.41. The summed E-state index contributed by atoms with van der Waals surface area (Å²) in [6, 6.07) is 8.20. The Hall–Kier alpha value is -0.870. The van der Waals surface area contributed by atoms with E-state index in [0.29, 0.717) is 12.4 Å². The van der Waals surface area contributed by atoms with Gasteiger partial charge in [-0.2, -0.15) is 0 Å². The van der Waals surface area contributed by atoms with E-state index in [9.17, 15) is 4.21 Å². The zero-order valence-corrected chi connectivity index (χ0v) is 10.9. The summed E-state index contributed by atoms with van der Waals surface area (Å²) in [7, 11) is -0.821. The molecule has 1 aromatic rings. The van der Waals surface area contributed by atoms with Gasteiger partial charge in [-0.15, -0.1) is 0 Å². The molecule has 1 N–H and O–H groups in total. The molecule has 0 aromatic heterocycles. The van der Waals surface area contributed by atoms with Gasteiger partial charge in [0.05, 0.1) is 11.3 Å². The molecule has 3 nitrogen and oxygen atoms in total. The Morgan fingerprint density at radius 2 is 2.18 bits per heavy atom. The number of hydrogen-bond acceptors (Lipinski definition) is 3. The van der Waals surface area contributed by atoms with Crippen LogP contribution in [0, 0.1) is 0 Å².